The van der Waals surface area contributed by atoms with Gasteiger partial charge in [0.05, 0.1) is 6.10 Å². The van der Waals surface area contributed by atoms with Crippen molar-refractivity contribution >= 4 is 0 Å². The van der Waals surface area contributed by atoms with Crippen molar-refractivity contribution in [1.29, 1.82) is 0 Å². The van der Waals surface area contributed by atoms with Crippen molar-refractivity contribution in [2.75, 3.05) is 13.1 Å². The van der Waals surface area contributed by atoms with E-state index in [-0.39, 0.29) is 6.10 Å². The van der Waals surface area contributed by atoms with Gasteiger partial charge in [-0.25, -0.2) is 0 Å². The van der Waals surface area contributed by atoms with E-state index in [0.29, 0.717) is 5.41 Å². The smallest absolute Gasteiger partial charge is 0.0524 e. The molecule has 2 heteroatoms. The van der Waals surface area contributed by atoms with Crippen LogP contribution < -0.4 is 5.32 Å². The third kappa shape index (κ3) is 4.10. The zero-order chi connectivity index (χ0) is 9.73. The minimum absolute atomic E-state index is 0.158. The molecular weight excluding hydrogens is 162 g/mol. The Labute approximate surface area is 81.7 Å². The molecule has 0 aromatic heterocycles. The standard InChI is InChI=1S/C11H23NO/c1-3-5-11(6-7-11)9-12-8-4-10(2)13/h10,12-13H,3-9H2,1-2H3. The Morgan fingerprint density at radius 1 is 1.46 bits per heavy atom. The molecule has 1 rings (SSSR count). The lowest BCUT2D eigenvalue weighted by molar-refractivity contribution is 0.182. The van der Waals surface area contributed by atoms with Crippen molar-refractivity contribution < 1.29 is 5.11 Å². The first-order valence-electron chi connectivity index (χ1n) is 5.57. The quantitative estimate of drug-likeness (QED) is 0.594. The summed E-state index contributed by atoms with van der Waals surface area (Å²) in [6.45, 7) is 6.23. The highest BCUT2D eigenvalue weighted by molar-refractivity contribution is 4.94. The second-order valence-corrected chi connectivity index (χ2v) is 4.56. The van der Waals surface area contributed by atoms with Crippen molar-refractivity contribution in [3.63, 3.8) is 0 Å². The van der Waals surface area contributed by atoms with E-state index in [1.54, 1.807) is 0 Å². The first-order valence-corrected chi connectivity index (χ1v) is 5.57. The van der Waals surface area contributed by atoms with E-state index in [1.807, 2.05) is 6.92 Å². The molecule has 0 radical (unpaired) electrons. The summed E-state index contributed by atoms with van der Waals surface area (Å²) in [5.41, 5.74) is 0.646. The van der Waals surface area contributed by atoms with E-state index in [2.05, 4.69) is 12.2 Å². The molecule has 78 valence electrons. The van der Waals surface area contributed by atoms with Crippen LogP contribution in [-0.2, 0) is 0 Å². The van der Waals surface area contributed by atoms with Crippen LogP contribution in [0.15, 0.2) is 0 Å². The highest BCUT2D eigenvalue weighted by Gasteiger charge is 2.40. The van der Waals surface area contributed by atoms with Gasteiger partial charge < -0.3 is 10.4 Å². The van der Waals surface area contributed by atoms with Crippen LogP contribution >= 0.6 is 0 Å². The molecule has 0 aromatic rings. The molecule has 0 heterocycles. The van der Waals surface area contributed by atoms with E-state index in [0.717, 1.165) is 19.5 Å². The SMILES string of the molecule is CCCC1(CNCCC(C)O)CC1. The summed E-state index contributed by atoms with van der Waals surface area (Å²) in [5, 5.41) is 12.5. The third-order valence-electron chi connectivity index (χ3n) is 2.98. The normalized spacial score (nSPS) is 21.5. The minimum atomic E-state index is -0.158. The predicted octanol–water partition coefficient (Wildman–Crippen LogP) is 1.93. The second-order valence-electron chi connectivity index (χ2n) is 4.56. The van der Waals surface area contributed by atoms with Crippen LogP contribution in [0.4, 0.5) is 0 Å². The summed E-state index contributed by atoms with van der Waals surface area (Å²) >= 11 is 0. The van der Waals surface area contributed by atoms with Gasteiger partial charge in [-0.15, -0.1) is 0 Å². The summed E-state index contributed by atoms with van der Waals surface area (Å²) in [4.78, 5) is 0. The number of hydrogen-bond acceptors (Lipinski definition) is 2. The second kappa shape index (κ2) is 4.97. The molecule has 0 aliphatic heterocycles. The average Bonchev–Trinajstić information content (AvgIpc) is 2.80. The molecule has 0 amide bonds. The molecule has 1 aliphatic rings. The van der Waals surface area contributed by atoms with E-state index < -0.39 is 0 Å². The zero-order valence-electron chi connectivity index (χ0n) is 8.97. The molecule has 13 heavy (non-hydrogen) atoms. The lowest BCUT2D eigenvalue weighted by atomic mass is 10.0. The van der Waals surface area contributed by atoms with Crippen LogP contribution in [0.1, 0.15) is 46.0 Å². The van der Waals surface area contributed by atoms with Gasteiger partial charge in [0.1, 0.15) is 0 Å². The minimum Gasteiger partial charge on any atom is -0.393 e. The first kappa shape index (κ1) is 11.0. The fraction of sp³-hybridized carbons (Fsp3) is 1.00. The van der Waals surface area contributed by atoms with Gasteiger partial charge in [0.2, 0.25) is 0 Å². The molecule has 1 fully saturated rings. The van der Waals surface area contributed by atoms with E-state index in [4.69, 9.17) is 5.11 Å². The highest BCUT2D eigenvalue weighted by Crippen LogP contribution is 2.48. The third-order valence-corrected chi connectivity index (χ3v) is 2.98. The molecule has 1 atom stereocenters. The van der Waals surface area contributed by atoms with E-state index in [1.165, 1.54) is 25.7 Å². The van der Waals surface area contributed by atoms with Crippen LogP contribution in [0, 0.1) is 5.41 Å². The lowest BCUT2D eigenvalue weighted by Crippen LogP contribution is -2.26. The van der Waals surface area contributed by atoms with Crippen LogP contribution in [0.5, 0.6) is 0 Å². The van der Waals surface area contributed by atoms with Crippen LogP contribution in [0.25, 0.3) is 0 Å². The largest absolute Gasteiger partial charge is 0.393 e. The Kier molecular flexibility index (Phi) is 4.20. The summed E-state index contributed by atoms with van der Waals surface area (Å²) in [7, 11) is 0. The van der Waals surface area contributed by atoms with Gasteiger partial charge in [0, 0.05) is 6.54 Å². The monoisotopic (exact) mass is 185 g/mol. The van der Waals surface area contributed by atoms with Gasteiger partial charge in [0.25, 0.3) is 0 Å². The van der Waals surface area contributed by atoms with Gasteiger partial charge in [0.15, 0.2) is 0 Å². The molecule has 1 unspecified atom stereocenters. The van der Waals surface area contributed by atoms with Gasteiger partial charge in [-0.3, -0.25) is 0 Å². The molecule has 1 saturated carbocycles. The molecule has 2 N–H and O–H groups in total. The number of hydrogen-bond donors (Lipinski definition) is 2. The predicted molar refractivity (Wildman–Crippen MR) is 55.7 cm³/mol. The van der Waals surface area contributed by atoms with Crippen LogP contribution in [-0.4, -0.2) is 24.3 Å². The number of rotatable bonds is 7. The van der Waals surface area contributed by atoms with Crippen LogP contribution in [0.3, 0.4) is 0 Å². The number of aliphatic hydroxyl groups excluding tert-OH is 1. The number of nitrogens with one attached hydrogen (secondary N) is 1. The Morgan fingerprint density at radius 3 is 2.62 bits per heavy atom. The molecule has 0 saturated heterocycles. The Bertz CT molecular complexity index is 141. The molecule has 1 aliphatic carbocycles. The van der Waals surface area contributed by atoms with Gasteiger partial charge in [-0.2, -0.15) is 0 Å². The Balaban J connectivity index is 1.99. The Morgan fingerprint density at radius 2 is 2.15 bits per heavy atom. The molecule has 0 aromatic carbocycles. The maximum Gasteiger partial charge on any atom is 0.0524 e. The van der Waals surface area contributed by atoms with Crippen molar-refractivity contribution in [3.8, 4) is 0 Å². The summed E-state index contributed by atoms with van der Waals surface area (Å²) in [6.07, 6.45) is 6.20. The van der Waals surface area contributed by atoms with Crippen LogP contribution in [0.2, 0.25) is 0 Å². The van der Waals surface area contributed by atoms with Crippen molar-refractivity contribution in [2.45, 2.75) is 52.1 Å². The fourth-order valence-corrected chi connectivity index (χ4v) is 1.89. The summed E-state index contributed by atoms with van der Waals surface area (Å²) < 4.78 is 0. The zero-order valence-corrected chi connectivity index (χ0v) is 8.97. The average molecular weight is 185 g/mol. The Hall–Kier alpha value is -0.0800. The molecular formula is C11H23NO. The molecule has 0 spiro atoms. The van der Waals surface area contributed by atoms with E-state index >= 15 is 0 Å². The molecule has 0 bridgehead atoms. The summed E-state index contributed by atoms with van der Waals surface area (Å²) in [6, 6.07) is 0. The van der Waals surface area contributed by atoms with Crippen molar-refractivity contribution in [1.82, 2.24) is 5.32 Å². The maximum absolute atomic E-state index is 9.06. The number of aliphatic hydroxyl groups is 1. The van der Waals surface area contributed by atoms with Crippen molar-refractivity contribution in [2.24, 2.45) is 5.41 Å². The maximum atomic E-state index is 9.06. The van der Waals surface area contributed by atoms with Gasteiger partial charge in [-0.05, 0) is 44.6 Å². The topological polar surface area (TPSA) is 32.3 Å². The molecule has 2 nitrogen and oxygen atoms in total. The van der Waals surface area contributed by atoms with Gasteiger partial charge >= 0.3 is 0 Å². The van der Waals surface area contributed by atoms with E-state index in [9.17, 15) is 0 Å². The summed E-state index contributed by atoms with van der Waals surface area (Å²) in [5.74, 6) is 0. The van der Waals surface area contributed by atoms with Gasteiger partial charge in [-0.1, -0.05) is 13.3 Å². The fourth-order valence-electron chi connectivity index (χ4n) is 1.89. The first-order chi connectivity index (χ1) is 6.18. The van der Waals surface area contributed by atoms with Crippen molar-refractivity contribution in [3.05, 3.63) is 0 Å². The highest BCUT2D eigenvalue weighted by atomic mass is 16.3. The lowest BCUT2D eigenvalue weighted by Gasteiger charge is -2.15.